The van der Waals surface area contributed by atoms with Crippen molar-refractivity contribution < 1.29 is 9.50 Å². The molecule has 2 rings (SSSR count). The van der Waals surface area contributed by atoms with E-state index in [-0.39, 0.29) is 0 Å². The molecule has 0 radical (unpaired) electrons. The highest BCUT2D eigenvalue weighted by Gasteiger charge is 2.12. The zero-order chi connectivity index (χ0) is 10.9. The van der Waals surface area contributed by atoms with Gasteiger partial charge in [0.2, 0.25) is 5.95 Å². The second-order valence-corrected chi connectivity index (χ2v) is 3.52. The van der Waals surface area contributed by atoms with Crippen LogP contribution in [-0.2, 0) is 0 Å². The van der Waals surface area contributed by atoms with Crippen molar-refractivity contribution in [2.45, 2.75) is 12.8 Å². The Bertz CT molecular complexity index is 250. The Hall–Kier alpha value is -1.00. The van der Waals surface area contributed by atoms with Crippen molar-refractivity contribution in [3.8, 4) is 0 Å². The Labute approximate surface area is 89.4 Å². The van der Waals surface area contributed by atoms with Crippen molar-refractivity contribution >= 4 is 0 Å². The van der Waals surface area contributed by atoms with E-state index in [1.165, 1.54) is 18.7 Å². The Balaban J connectivity index is 0.000000151. The van der Waals surface area contributed by atoms with Crippen LogP contribution in [0.15, 0.2) is 24.4 Å². The molecule has 0 aromatic carbocycles. The van der Waals surface area contributed by atoms with E-state index in [4.69, 9.17) is 5.11 Å². The standard InChI is InChI=1S/C6H13NO.C5H4FN/c8-4-2-6-1-3-7-5-6;6-5-3-1-2-4-7-5/h6-8H,1-5H2;1-4H. The van der Waals surface area contributed by atoms with E-state index in [0.717, 1.165) is 25.4 Å². The Morgan fingerprint density at radius 1 is 1.53 bits per heavy atom. The first-order valence-corrected chi connectivity index (χ1v) is 5.21. The number of rotatable bonds is 2. The lowest BCUT2D eigenvalue weighted by molar-refractivity contribution is 0.262. The SMILES string of the molecule is Fc1ccccn1.OCCC1CCNC1. The predicted molar refractivity (Wildman–Crippen MR) is 56.9 cm³/mol. The molecule has 1 aliphatic rings. The molecule has 0 bridgehead atoms. The topological polar surface area (TPSA) is 45.2 Å². The number of halogens is 1. The maximum absolute atomic E-state index is 11.8. The van der Waals surface area contributed by atoms with Gasteiger partial charge in [0.05, 0.1) is 0 Å². The van der Waals surface area contributed by atoms with Crippen LogP contribution in [-0.4, -0.2) is 29.8 Å². The third-order valence-corrected chi connectivity index (χ3v) is 2.33. The predicted octanol–water partition coefficient (Wildman–Crippen LogP) is 1.20. The molecule has 1 atom stereocenters. The van der Waals surface area contributed by atoms with Crippen LogP contribution in [0.25, 0.3) is 0 Å². The number of hydrogen-bond donors (Lipinski definition) is 2. The molecule has 0 aliphatic carbocycles. The zero-order valence-corrected chi connectivity index (χ0v) is 8.69. The van der Waals surface area contributed by atoms with Gasteiger partial charge in [-0.3, -0.25) is 0 Å². The van der Waals surface area contributed by atoms with Crippen molar-refractivity contribution in [3.63, 3.8) is 0 Å². The number of aromatic nitrogens is 1. The van der Waals surface area contributed by atoms with E-state index in [1.54, 1.807) is 12.1 Å². The van der Waals surface area contributed by atoms with E-state index in [2.05, 4.69) is 10.3 Å². The first-order chi connectivity index (χ1) is 7.33. The van der Waals surface area contributed by atoms with Crippen LogP contribution in [0.3, 0.4) is 0 Å². The minimum Gasteiger partial charge on any atom is -0.396 e. The molecule has 1 saturated heterocycles. The summed E-state index contributed by atoms with van der Waals surface area (Å²) in [6.45, 7) is 2.61. The van der Waals surface area contributed by atoms with E-state index >= 15 is 0 Å². The fourth-order valence-corrected chi connectivity index (χ4v) is 1.49. The van der Waals surface area contributed by atoms with Gasteiger partial charge in [-0.15, -0.1) is 0 Å². The lowest BCUT2D eigenvalue weighted by Crippen LogP contribution is -2.09. The van der Waals surface area contributed by atoms with Crippen molar-refractivity contribution in [1.82, 2.24) is 10.3 Å². The van der Waals surface area contributed by atoms with Crippen LogP contribution in [0.5, 0.6) is 0 Å². The summed E-state index contributed by atoms with van der Waals surface area (Å²) in [7, 11) is 0. The maximum atomic E-state index is 11.8. The Kier molecular flexibility index (Phi) is 5.88. The summed E-state index contributed by atoms with van der Waals surface area (Å²) < 4.78 is 11.8. The molecule has 0 spiro atoms. The molecule has 1 aliphatic heterocycles. The lowest BCUT2D eigenvalue weighted by atomic mass is 10.1. The second kappa shape index (κ2) is 7.31. The third-order valence-electron chi connectivity index (χ3n) is 2.33. The number of aliphatic hydroxyl groups excluding tert-OH is 1. The smallest absolute Gasteiger partial charge is 0.212 e. The molecule has 2 N–H and O–H groups in total. The highest BCUT2D eigenvalue weighted by Crippen LogP contribution is 2.10. The first kappa shape index (κ1) is 12.1. The number of nitrogens with one attached hydrogen (secondary N) is 1. The molecular formula is C11H17FN2O. The molecule has 1 unspecified atom stereocenters. The van der Waals surface area contributed by atoms with Crippen LogP contribution in [0.4, 0.5) is 4.39 Å². The van der Waals surface area contributed by atoms with Gasteiger partial charge in [-0.05, 0) is 44.0 Å². The maximum Gasteiger partial charge on any atom is 0.212 e. The number of hydrogen-bond acceptors (Lipinski definition) is 3. The molecule has 0 saturated carbocycles. The number of nitrogens with zero attached hydrogens (tertiary/aromatic N) is 1. The summed E-state index contributed by atoms with van der Waals surface area (Å²) in [6, 6.07) is 4.57. The molecule has 3 nitrogen and oxygen atoms in total. The average molecular weight is 212 g/mol. The van der Waals surface area contributed by atoms with Crippen molar-refractivity contribution in [1.29, 1.82) is 0 Å². The largest absolute Gasteiger partial charge is 0.396 e. The molecule has 1 aromatic heterocycles. The highest BCUT2D eigenvalue weighted by molar-refractivity contribution is 4.90. The fraction of sp³-hybridized carbons (Fsp3) is 0.545. The highest BCUT2D eigenvalue weighted by atomic mass is 19.1. The minimum absolute atomic E-state index is 0.354. The molecule has 15 heavy (non-hydrogen) atoms. The summed E-state index contributed by atoms with van der Waals surface area (Å²) >= 11 is 0. The summed E-state index contributed by atoms with van der Waals surface area (Å²) in [5.74, 6) is 0.322. The van der Waals surface area contributed by atoms with Gasteiger partial charge in [0.25, 0.3) is 0 Å². The van der Waals surface area contributed by atoms with E-state index in [0.29, 0.717) is 6.61 Å². The quantitative estimate of drug-likeness (QED) is 0.724. The van der Waals surface area contributed by atoms with Crippen molar-refractivity contribution in [2.75, 3.05) is 19.7 Å². The summed E-state index contributed by atoms with van der Waals surface area (Å²) in [4.78, 5) is 3.31. The van der Waals surface area contributed by atoms with Crippen molar-refractivity contribution in [2.24, 2.45) is 5.92 Å². The summed E-state index contributed by atoms with van der Waals surface area (Å²) in [5.41, 5.74) is 0. The molecule has 0 amide bonds. The number of pyridine rings is 1. The Morgan fingerprint density at radius 3 is 2.80 bits per heavy atom. The average Bonchev–Trinajstić information content (AvgIpc) is 2.73. The van der Waals surface area contributed by atoms with Gasteiger partial charge in [0.15, 0.2) is 0 Å². The van der Waals surface area contributed by atoms with Gasteiger partial charge in [0, 0.05) is 12.8 Å². The summed E-state index contributed by atoms with van der Waals surface area (Å²) in [6.07, 6.45) is 3.64. The minimum atomic E-state index is -0.428. The number of aliphatic hydroxyl groups is 1. The van der Waals surface area contributed by atoms with E-state index in [9.17, 15) is 4.39 Å². The molecular weight excluding hydrogens is 195 g/mol. The van der Waals surface area contributed by atoms with Gasteiger partial charge in [-0.25, -0.2) is 4.98 Å². The van der Waals surface area contributed by atoms with E-state index in [1.807, 2.05) is 0 Å². The van der Waals surface area contributed by atoms with Gasteiger partial charge in [-0.2, -0.15) is 4.39 Å². The summed E-state index contributed by atoms with van der Waals surface area (Å²) in [5, 5.41) is 11.7. The van der Waals surface area contributed by atoms with Gasteiger partial charge >= 0.3 is 0 Å². The second-order valence-electron chi connectivity index (χ2n) is 3.52. The fourth-order valence-electron chi connectivity index (χ4n) is 1.49. The van der Waals surface area contributed by atoms with Gasteiger partial charge in [0.1, 0.15) is 0 Å². The van der Waals surface area contributed by atoms with Crippen LogP contribution >= 0.6 is 0 Å². The van der Waals surface area contributed by atoms with Crippen LogP contribution in [0, 0.1) is 11.9 Å². The molecule has 84 valence electrons. The van der Waals surface area contributed by atoms with Gasteiger partial charge in [-0.1, -0.05) is 6.07 Å². The molecule has 4 heteroatoms. The van der Waals surface area contributed by atoms with Crippen molar-refractivity contribution in [3.05, 3.63) is 30.3 Å². The van der Waals surface area contributed by atoms with Gasteiger partial charge < -0.3 is 10.4 Å². The zero-order valence-electron chi connectivity index (χ0n) is 8.69. The molecule has 2 heterocycles. The van der Waals surface area contributed by atoms with Crippen LogP contribution in [0.2, 0.25) is 0 Å². The normalized spacial score (nSPS) is 19.5. The van der Waals surface area contributed by atoms with E-state index < -0.39 is 5.95 Å². The first-order valence-electron chi connectivity index (χ1n) is 5.21. The Morgan fingerprint density at radius 2 is 2.40 bits per heavy atom. The van der Waals surface area contributed by atoms with Crippen LogP contribution < -0.4 is 5.32 Å². The lowest BCUT2D eigenvalue weighted by Gasteiger charge is -2.01. The monoisotopic (exact) mass is 212 g/mol. The third kappa shape index (κ3) is 5.44. The molecule has 1 aromatic rings. The van der Waals surface area contributed by atoms with Crippen LogP contribution in [0.1, 0.15) is 12.8 Å². The molecule has 1 fully saturated rings.